The predicted octanol–water partition coefficient (Wildman–Crippen LogP) is 26.2. The van der Waals surface area contributed by atoms with Crippen molar-refractivity contribution in [2.45, 2.75) is 180 Å². The summed E-state index contributed by atoms with van der Waals surface area (Å²) in [5.74, 6) is 0.595. The maximum atomic E-state index is 13.7. The lowest BCUT2D eigenvalue weighted by molar-refractivity contribution is 0.0904. The van der Waals surface area contributed by atoms with Crippen LogP contribution in [0.1, 0.15) is 236 Å². The van der Waals surface area contributed by atoms with E-state index in [1.807, 2.05) is 132 Å². The maximum absolute atomic E-state index is 13.7. The van der Waals surface area contributed by atoms with Crippen LogP contribution < -0.4 is 16.0 Å². The van der Waals surface area contributed by atoms with Crippen molar-refractivity contribution in [3.05, 3.63) is 276 Å². The standard InChI is InChI=1S/2C30H32Cl3N3O.C30H26Cl3N3O/c3*1-19(21-7-3-2-4-8-21)34-30(37)28-25-10-6-5-9-22(17-20-11-13-23(31)14-12-20)29(25)36(35-28)27-18-24(32)15-16-26(27)33/h2*11-19,21H,2-10H2,1H3,(H,34,37);2-4,7-8,11-19H,5-6,9-10H2,1H3,(H,34,37)/b3*22-17+/t3*19-/m101/s1. The van der Waals surface area contributed by atoms with Gasteiger partial charge in [-0.05, 0) is 284 Å². The topological polar surface area (TPSA) is 141 Å². The molecule has 0 aliphatic heterocycles. The molecule has 3 atom stereocenters. The second-order valence-electron chi connectivity index (χ2n) is 29.8. The van der Waals surface area contributed by atoms with Crippen molar-refractivity contribution >= 4 is 157 Å². The van der Waals surface area contributed by atoms with Crippen LogP contribution in [0.15, 0.2) is 158 Å². The lowest BCUT2D eigenvalue weighted by atomic mass is 9.84. The molecule has 15 rings (SSSR count). The molecule has 0 bridgehead atoms. The highest BCUT2D eigenvalue weighted by molar-refractivity contribution is 6.36. The molecule has 576 valence electrons. The number of nitrogens with zero attached hydrogens (tertiary/aromatic N) is 6. The van der Waals surface area contributed by atoms with Gasteiger partial charge in [0, 0.05) is 58.9 Å². The lowest BCUT2D eigenvalue weighted by Crippen LogP contribution is -2.39. The molecule has 5 aliphatic carbocycles. The molecule has 2 saturated carbocycles. The number of hydrogen-bond donors (Lipinski definition) is 3. The molecular weight excluding hydrogens is 1570 g/mol. The third-order valence-corrected chi connectivity index (χ3v) is 24.4. The Bertz CT molecular complexity index is 4870. The van der Waals surface area contributed by atoms with Gasteiger partial charge in [0.1, 0.15) is 0 Å². The zero-order chi connectivity index (χ0) is 77.8. The minimum absolute atomic E-state index is 0.109. The predicted molar refractivity (Wildman–Crippen MR) is 461 cm³/mol. The number of rotatable bonds is 15. The van der Waals surface area contributed by atoms with Crippen molar-refractivity contribution in [3.63, 3.8) is 0 Å². The smallest absolute Gasteiger partial charge is 0.272 e. The summed E-state index contributed by atoms with van der Waals surface area (Å²) in [6.45, 7) is 6.23. The molecule has 5 aliphatic rings. The van der Waals surface area contributed by atoms with Crippen molar-refractivity contribution in [2.75, 3.05) is 0 Å². The van der Waals surface area contributed by atoms with Gasteiger partial charge in [0.15, 0.2) is 17.1 Å². The molecule has 3 N–H and O–H groups in total. The van der Waals surface area contributed by atoms with Gasteiger partial charge in [-0.3, -0.25) is 14.4 Å². The normalized spacial score (nSPS) is 17.3. The zero-order valence-corrected chi connectivity index (χ0v) is 69.3. The minimum Gasteiger partial charge on any atom is -0.348 e. The van der Waals surface area contributed by atoms with Gasteiger partial charge in [0.25, 0.3) is 17.7 Å². The van der Waals surface area contributed by atoms with E-state index in [1.54, 1.807) is 47.1 Å². The summed E-state index contributed by atoms with van der Waals surface area (Å²) in [5.41, 5.74) is 16.5. The Morgan fingerprint density at radius 2 is 0.640 bits per heavy atom. The van der Waals surface area contributed by atoms with E-state index >= 15 is 0 Å². The third kappa shape index (κ3) is 20.1. The van der Waals surface area contributed by atoms with Crippen LogP contribution in [0.3, 0.4) is 0 Å². The fraction of sp³-hybridized carbons (Fsp3) is 0.333. The molecule has 111 heavy (non-hydrogen) atoms. The summed E-state index contributed by atoms with van der Waals surface area (Å²) in [5, 5.41) is 29.7. The van der Waals surface area contributed by atoms with E-state index in [2.05, 4.69) is 48.0 Å². The second kappa shape index (κ2) is 38.0. The molecule has 12 nitrogen and oxygen atoms in total. The number of aromatic nitrogens is 6. The van der Waals surface area contributed by atoms with E-state index in [9.17, 15) is 14.4 Å². The van der Waals surface area contributed by atoms with Gasteiger partial charge < -0.3 is 16.0 Å². The molecule has 10 aromatic rings. The van der Waals surface area contributed by atoms with Crippen LogP contribution in [0, 0.1) is 11.8 Å². The Kier molecular flexibility index (Phi) is 27.9. The first kappa shape index (κ1) is 81.4. The van der Waals surface area contributed by atoms with Crippen LogP contribution in [-0.2, 0) is 19.3 Å². The Morgan fingerprint density at radius 3 is 0.955 bits per heavy atom. The Hall–Kier alpha value is -7.59. The number of allylic oxidation sites excluding steroid dienone is 3. The van der Waals surface area contributed by atoms with Crippen LogP contribution in [0.2, 0.25) is 45.2 Å². The summed E-state index contributed by atoms with van der Waals surface area (Å²) >= 11 is 57.5. The largest absolute Gasteiger partial charge is 0.348 e. The quantitative estimate of drug-likeness (QED) is 0.0873. The van der Waals surface area contributed by atoms with Crippen molar-refractivity contribution in [3.8, 4) is 17.1 Å². The minimum atomic E-state index is -0.211. The number of carbonyl (C=O) groups excluding carboxylic acids is 3. The van der Waals surface area contributed by atoms with Crippen molar-refractivity contribution in [1.29, 1.82) is 0 Å². The van der Waals surface area contributed by atoms with Crippen LogP contribution in [0.25, 0.3) is 52.0 Å². The average molecular weight is 1660 g/mol. The van der Waals surface area contributed by atoms with Crippen LogP contribution >= 0.6 is 104 Å². The van der Waals surface area contributed by atoms with Gasteiger partial charge in [-0.15, -0.1) is 0 Å². The van der Waals surface area contributed by atoms with E-state index in [-0.39, 0.29) is 35.8 Å². The Morgan fingerprint density at radius 1 is 0.351 bits per heavy atom. The SMILES string of the molecule is C[C@@H](NC(=O)c1nn(-c2cc(Cl)ccc2Cl)c2c1CCCC/C2=C\c1ccc(Cl)cc1)C1CCCCC1.C[C@@H](NC(=O)c1nn(-c2cc(Cl)ccc2Cl)c2c1CCCC/C2=C\c1ccc(Cl)cc1)c1ccccc1.C[C@H](NC(=O)c1nn(-c2cc(Cl)ccc2Cl)c2c1CCCC/C2=C\c1ccc(Cl)cc1)C1CCCCC1. The van der Waals surface area contributed by atoms with Gasteiger partial charge in [-0.25, -0.2) is 14.0 Å². The molecule has 3 heterocycles. The van der Waals surface area contributed by atoms with E-state index < -0.39 is 0 Å². The molecule has 3 amide bonds. The molecule has 0 spiro atoms. The Labute approximate surface area is 696 Å². The molecule has 21 heteroatoms. The molecule has 0 saturated heterocycles. The van der Waals surface area contributed by atoms with Gasteiger partial charge in [-0.2, -0.15) is 15.3 Å². The maximum Gasteiger partial charge on any atom is 0.272 e. The van der Waals surface area contributed by atoms with Crippen molar-refractivity contribution < 1.29 is 14.4 Å². The fourth-order valence-corrected chi connectivity index (χ4v) is 17.6. The van der Waals surface area contributed by atoms with Crippen LogP contribution in [0.5, 0.6) is 0 Å². The molecule has 7 aromatic carbocycles. The monoisotopic (exact) mass is 1660 g/mol. The van der Waals surface area contributed by atoms with E-state index in [1.165, 1.54) is 64.2 Å². The molecule has 2 fully saturated rings. The number of halogens is 9. The van der Waals surface area contributed by atoms with Gasteiger partial charge in [0.2, 0.25) is 0 Å². The number of hydrogen-bond acceptors (Lipinski definition) is 6. The van der Waals surface area contributed by atoms with Crippen LogP contribution in [0.4, 0.5) is 0 Å². The number of amides is 3. The second-order valence-corrected chi connectivity index (χ2v) is 33.6. The fourth-order valence-electron chi connectivity index (χ4n) is 16.1. The van der Waals surface area contributed by atoms with Crippen molar-refractivity contribution in [2.24, 2.45) is 11.8 Å². The highest BCUT2D eigenvalue weighted by atomic mass is 35.5. The van der Waals surface area contributed by atoms with Gasteiger partial charge >= 0.3 is 0 Å². The zero-order valence-electron chi connectivity index (χ0n) is 62.5. The molecule has 0 unspecified atom stereocenters. The van der Waals surface area contributed by atoms with Crippen molar-refractivity contribution in [1.82, 2.24) is 45.3 Å². The summed E-state index contributed by atoms with van der Waals surface area (Å²) < 4.78 is 5.45. The summed E-state index contributed by atoms with van der Waals surface area (Å²) in [4.78, 5) is 41.0. The first-order valence-corrected chi connectivity index (χ1v) is 42.2. The summed E-state index contributed by atoms with van der Waals surface area (Å²) in [6, 6.07) is 49.3. The van der Waals surface area contributed by atoms with E-state index in [4.69, 9.17) is 120 Å². The molecular formula is C90H90Cl9N9O3. The average Bonchev–Trinajstić information content (AvgIpc) is 1.64. The third-order valence-electron chi connectivity index (χ3n) is 22.0. The number of carbonyl (C=O) groups is 3. The highest BCUT2D eigenvalue weighted by Gasteiger charge is 2.34. The van der Waals surface area contributed by atoms with E-state index in [0.717, 1.165) is 150 Å². The molecule has 3 aromatic heterocycles. The molecule has 0 radical (unpaired) electrons. The van der Waals surface area contributed by atoms with Gasteiger partial charge in [-0.1, -0.05) is 210 Å². The first-order valence-electron chi connectivity index (χ1n) is 38.8. The van der Waals surface area contributed by atoms with Gasteiger partial charge in [0.05, 0.1) is 55.3 Å². The number of nitrogens with one attached hydrogen (secondary N) is 3. The lowest BCUT2D eigenvalue weighted by Gasteiger charge is -2.28. The number of fused-ring (bicyclic) bond motifs is 3. The first-order chi connectivity index (χ1) is 53.7. The Balaban J connectivity index is 0.000000146. The van der Waals surface area contributed by atoms with E-state index in [0.29, 0.717) is 91.2 Å². The van der Waals surface area contributed by atoms with Crippen LogP contribution in [-0.4, -0.2) is 59.1 Å². The highest BCUT2D eigenvalue weighted by Crippen LogP contribution is 2.42. The summed E-state index contributed by atoms with van der Waals surface area (Å²) in [7, 11) is 0. The summed E-state index contributed by atoms with van der Waals surface area (Å²) in [6.07, 6.45) is 29.6. The number of benzene rings is 7.